The summed E-state index contributed by atoms with van der Waals surface area (Å²) in [5.41, 5.74) is -1.13. The summed E-state index contributed by atoms with van der Waals surface area (Å²) in [6, 6.07) is 5.67. The van der Waals surface area contributed by atoms with Crippen LogP contribution in [0.15, 0.2) is 49.6 Å². The van der Waals surface area contributed by atoms with Crippen LogP contribution in [0.3, 0.4) is 0 Å². The predicted molar refractivity (Wildman–Crippen MR) is 171 cm³/mol. The lowest BCUT2D eigenvalue weighted by Crippen LogP contribution is -2.62. The van der Waals surface area contributed by atoms with Crippen LogP contribution in [-0.2, 0) is 19.1 Å². The van der Waals surface area contributed by atoms with Gasteiger partial charge in [0, 0.05) is 24.3 Å². The van der Waals surface area contributed by atoms with E-state index >= 15 is 0 Å². The molecule has 0 aliphatic carbocycles. The number of aliphatic hydroxyl groups is 1. The van der Waals surface area contributed by atoms with Crippen molar-refractivity contribution in [3.8, 4) is 5.75 Å². The van der Waals surface area contributed by atoms with Crippen LogP contribution in [0, 0.1) is 17.3 Å². The number of rotatable bonds is 13. The monoisotopic (exact) mass is 609 g/mol. The molecule has 3 amide bonds. The fourth-order valence-corrected chi connectivity index (χ4v) is 8.04. The van der Waals surface area contributed by atoms with Gasteiger partial charge in [0.1, 0.15) is 17.4 Å². The Morgan fingerprint density at radius 3 is 2.32 bits per heavy atom. The van der Waals surface area contributed by atoms with Gasteiger partial charge in [-0.2, -0.15) is 0 Å². The molecule has 1 aromatic rings. The standard InChI is InChI=1S/C35H51N3O6/c1-10-19-36(24-13-15-25(16-14-24)43-12-3)30(40)27-26-17-18-35(44-26)28(27)31(41)38(23(4)21-39)29(35)32(42)37(20-11-2)34(8,9)22-33(5,6)7/h10-11,13-16,23,26-29,39H,1-2,12,17-22H2,3-9H3/t23-,26+,27-,28+,29?,35?/m1/s1. The van der Waals surface area contributed by atoms with Gasteiger partial charge >= 0.3 is 0 Å². The van der Waals surface area contributed by atoms with Gasteiger partial charge in [-0.15, -0.1) is 13.2 Å². The van der Waals surface area contributed by atoms with E-state index in [-0.39, 0.29) is 36.3 Å². The van der Waals surface area contributed by atoms with Crippen molar-refractivity contribution in [1.29, 1.82) is 0 Å². The maximum Gasteiger partial charge on any atom is 0.249 e. The third-order valence-electron chi connectivity index (χ3n) is 9.30. The van der Waals surface area contributed by atoms with Crippen molar-refractivity contribution < 1.29 is 29.0 Å². The first-order valence-electron chi connectivity index (χ1n) is 15.9. The molecule has 0 saturated carbocycles. The van der Waals surface area contributed by atoms with E-state index in [2.05, 4.69) is 33.9 Å². The summed E-state index contributed by atoms with van der Waals surface area (Å²) >= 11 is 0. The maximum atomic E-state index is 14.8. The molecule has 3 fully saturated rings. The molecule has 242 valence electrons. The van der Waals surface area contributed by atoms with Gasteiger partial charge < -0.3 is 29.3 Å². The quantitative estimate of drug-likeness (QED) is 0.329. The van der Waals surface area contributed by atoms with Crippen molar-refractivity contribution in [1.82, 2.24) is 9.80 Å². The second kappa shape index (κ2) is 12.7. The first kappa shape index (κ1) is 33.7. The first-order chi connectivity index (χ1) is 20.7. The van der Waals surface area contributed by atoms with Gasteiger partial charge in [0.05, 0.1) is 37.2 Å². The number of nitrogens with zero attached hydrogens (tertiary/aromatic N) is 3. The number of fused-ring (bicyclic) bond motifs is 1. The highest BCUT2D eigenvalue weighted by Crippen LogP contribution is 2.59. The molecular formula is C35H51N3O6. The molecule has 9 nitrogen and oxygen atoms in total. The zero-order valence-corrected chi connectivity index (χ0v) is 27.5. The summed E-state index contributed by atoms with van der Waals surface area (Å²) in [5, 5.41) is 10.3. The van der Waals surface area contributed by atoms with Gasteiger partial charge in [0.2, 0.25) is 17.7 Å². The molecule has 1 N–H and O–H groups in total. The summed E-state index contributed by atoms with van der Waals surface area (Å²) in [6.07, 6.45) is 4.63. The molecule has 2 unspecified atom stereocenters. The highest BCUT2D eigenvalue weighted by Gasteiger charge is 2.75. The average molecular weight is 610 g/mol. The Kier molecular flexibility index (Phi) is 9.71. The lowest BCUT2D eigenvalue weighted by atomic mass is 9.70. The molecule has 3 aliphatic rings. The zero-order chi connectivity index (χ0) is 32.6. The highest BCUT2D eigenvalue weighted by atomic mass is 16.5. The van der Waals surface area contributed by atoms with Crippen molar-refractivity contribution in [2.24, 2.45) is 17.3 Å². The van der Waals surface area contributed by atoms with Gasteiger partial charge in [-0.1, -0.05) is 32.9 Å². The summed E-state index contributed by atoms with van der Waals surface area (Å²) in [7, 11) is 0. The summed E-state index contributed by atoms with van der Waals surface area (Å²) in [4.78, 5) is 48.6. The Balaban J connectivity index is 1.76. The molecule has 3 heterocycles. The Labute approximate surface area is 262 Å². The summed E-state index contributed by atoms with van der Waals surface area (Å²) in [5.74, 6) is -1.71. The Hall–Kier alpha value is -3.17. The smallest absolute Gasteiger partial charge is 0.249 e. The summed E-state index contributed by atoms with van der Waals surface area (Å²) < 4.78 is 12.3. The molecule has 0 aromatic heterocycles. The Morgan fingerprint density at radius 2 is 1.77 bits per heavy atom. The van der Waals surface area contributed by atoms with Crippen LogP contribution >= 0.6 is 0 Å². The van der Waals surface area contributed by atoms with E-state index in [0.29, 0.717) is 37.4 Å². The number of carbonyl (C=O) groups is 3. The van der Waals surface area contributed by atoms with Crippen molar-refractivity contribution in [2.75, 3.05) is 31.2 Å². The topological polar surface area (TPSA) is 99.6 Å². The van der Waals surface area contributed by atoms with Crippen LogP contribution in [0.4, 0.5) is 5.69 Å². The lowest BCUT2D eigenvalue weighted by Gasteiger charge is -2.46. The number of likely N-dealkylation sites (tertiary alicyclic amines) is 1. The molecule has 1 spiro atoms. The normalized spacial score (nSPS) is 26.7. The lowest BCUT2D eigenvalue weighted by molar-refractivity contribution is -0.155. The number of carbonyl (C=O) groups excluding carboxylic acids is 3. The van der Waals surface area contributed by atoms with Gasteiger partial charge in [-0.25, -0.2) is 0 Å². The van der Waals surface area contributed by atoms with Crippen LogP contribution in [0.1, 0.15) is 67.7 Å². The van der Waals surface area contributed by atoms with E-state index in [1.807, 2.05) is 45.0 Å². The van der Waals surface area contributed by atoms with E-state index in [4.69, 9.17) is 9.47 Å². The molecule has 44 heavy (non-hydrogen) atoms. The van der Waals surface area contributed by atoms with Gasteiger partial charge in [0.25, 0.3) is 0 Å². The fourth-order valence-electron chi connectivity index (χ4n) is 8.04. The van der Waals surface area contributed by atoms with Crippen LogP contribution in [0.25, 0.3) is 0 Å². The van der Waals surface area contributed by atoms with E-state index in [9.17, 15) is 19.5 Å². The largest absolute Gasteiger partial charge is 0.494 e. The number of amides is 3. The van der Waals surface area contributed by atoms with Crippen LogP contribution in [0.2, 0.25) is 0 Å². The molecule has 2 bridgehead atoms. The Morgan fingerprint density at radius 1 is 1.14 bits per heavy atom. The zero-order valence-electron chi connectivity index (χ0n) is 27.5. The van der Waals surface area contributed by atoms with E-state index in [1.54, 1.807) is 28.9 Å². The van der Waals surface area contributed by atoms with E-state index in [1.165, 1.54) is 4.90 Å². The van der Waals surface area contributed by atoms with E-state index < -0.39 is 41.2 Å². The first-order valence-corrected chi connectivity index (χ1v) is 15.9. The second-order valence-corrected chi connectivity index (χ2v) is 14.3. The van der Waals surface area contributed by atoms with Crippen LogP contribution in [-0.4, -0.2) is 88.3 Å². The van der Waals surface area contributed by atoms with Gasteiger partial charge in [-0.05, 0) is 76.6 Å². The molecule has 9 heteroatoms. The van der Waals surface area contributed by atoms with Crippen molar-refractivity contribution >= 4 is 23.4 Å². The van der Waals surface area contributed by atoms with Crippen molar-refractivity contribution in [3.63, 3.8) is 0 Å². The summed E-state index contributed by atoms with van der Waals surface area (Å²) in [6.45, 7) is 22.7. The molecule has 4 rings (SSSR count). The van der Waals surface area contributed by atoms with Crippen molar-refractivity contribution in [3.05, 3.63) is 49.6 Å². The molecule has 3 saturated heterocycles. The van der Waals surface area contributed by atoms with Crippen molar-refractivity contribution in [2.45, 2.75) is 97.1 Å². The maximum absolute atomic E-state index is 14.8. The van der Waals surface area contributed by atoms with Gasteiger partial charge in [0.15, 0.2) is 0 Å². The average Bonchev–Trinajstić information content (AvgIpc) is 3.60. The minimum atomic E-state index is -1.17. The fraction of sp³-hybridized carbons (Fsp3) is 0.629. The number of benzene rings is 1. The molecule has 1 aromatic carbocycles. The predicted octanol–water partition coefficient (Wildman–Crippen LogP) is 4.59. The third kappa shape index (κ3) is 5.93. The number of hydrogen-bond acceptors (Lipinski definition) is 6. The highest BCUT2D eigenvalue weighted by molar-refractivity contribution is 6.03. The minimum absolute atomic E-state index is 0.0666. The molecule has 3 aliphatic heterocycles. The number of hydrogen-bond donors (Lipinski definition) is 1. The van der Waals surface area contributed by atoms with Gasteiger partial charge in [-0.3, -0.25) is 14.4 Å². The molecule has 6 atom stereocenters. The molecule has 0 radical (unpaired) electrons. The number of aliphatic hydroxyl groups excluding tert-OH is 1. The number of ether oxygens (including phenoxy) is 2. The SMILES string of the molecule is C=CCN(C(=O)[C@@H]1[C@@H]2CCC3(O2)C(C(=O)N(CC=C)C(C)(C)CC(C)(C)C)N([C@H](C)CO)C(=O)[C@H]13)c1ccc(OCC)cc1. The third-order valence-corrected chi connectivity index (χ3v) is 9.30. The minimum Gasteiger partial charge on any atom is -0.494 e. The van der Waals surface area contributed by atoms with Crippen LogP contribution < -0.4 is 9.64 Å². The Bertz CT molecular complexity index is 1250. The number of anilines is 1. The van der Waals surface area contributed by atoms with Crippen LogP contribution in [0.5, 0.6) is 5.75 Å². The second-order valence-electron chi connectivity index (χ2n) is 14.3. The van der Waals surface area contributed by atoms with E-state index in [0.717, 1.165) is 6.42 Å². The molecular weight excluding hydrogens is 558 g/mol.